The van der Waals surface area contributed by atoms with E-state index in [1.54, 1.807) is 30.3 Å². The summed E-state index contributed by atoms with van der Waals surface area (Å²) in [5.41, 5.74) is 1.66. The molecule has 0 fully saturated rings. The quantitative estimate of drug-likeness (QED) is 0.439. The van der Waals surface area contributed by atoms with Crippen molar-refractivity contribution in [1.82, 2.24) is 0 Å². The number of rotatable bonds is 6. The fourth-order valence-corrected chi connectivity index (χ4v) is 3.69. The standard InChI is InChI=1S/C25H20O5/c1-29-24-18-9-3-2-7-16(18)12-13-21(24)25(28)30-14-6-8-17-15-22(26)19-10-4-5-11-20(19)23(17)27/h2-5,7,9-13,15H,6,8,14H2,1H3. The van der Waals surface area contributed by atoms with Crippen LogP contribution in [-0.2, 0) is 4.74 Å². The molecule has 30 heavy (non-hydrogen) atoms. The molecule has 0 heterocycles. The summed E-state index contributed by atoms with van der Waals surface area (Å²) in [7, 11) is 1.52. The highest BCUT2D eigenvalue weighted by Gasteiger charge is 2.24. The van der Waals surface area contributed by atoms with Crippen molar-refractivity contribution < 1.29 is 23.9 Å². The number of hydrogen-bond acceptors (Lipinski definition) is 5. The molecule has 0 atom stereocenters. The smallest absolute Gasteiger partial charge is 0.341 e. The lowest BCUT2D eigenvalue weighted by Gasteiger charge is -2.15. The molecule has 0 aliphatic heterocycles. The lowest BCUT2D eigenvalue weighted by Crippen LogP contribution is -2.17. The lowest BCUT2D eigenvalue weighted by molar-refractivity contribution is 0.0497. The third-order valence-corrected chi connectivity index (χ3v) is 5.16. The molecule has 1 aliphatic carbocycles. The van der Waals surface area contributed by atoms with Crippen LogP contribution in [0.3, 0.4) is 0 Å². The second kappa shape index (κ2) is 8.33. The summed E-state index contributed by atoms with van der Waals surface area (Å²) in [4.78, 5) is 37.4. The minimum absolute atomic E-state index is 0.134. The van der Waals surface area contributed by atoms with Crippen molar-refractivity contribution >= 4 is 28.3 Å². The molecule has 5 nitrogen and oxygen atoms in total. The number of benzene rings is 3. The minimum Gasteiger partial charge on any atom is -0.495 e. The summed E-state index contributed by atoms with van der Waals surface area (Å²) in [6.07, 6.45) is 2.19. The van der Waals surface area contributed by atoms with E-state index in [1.165, 1.54) is 13.2 Å². The maximum atomic E-state index is 12.6. The SMILES string of the molecule is COc1c(C(=O)OCCCC2=CC(=O)c3ccccc3C2=O)ccc2ccccc12. The van der Waals surface area contributed by atoms with Crippen LogP contribution >= 0.6 is 0 Å². The van der Waals surface area contributed by atoms with E-state index in [4.69, 9.17) is 9.47 Å². The monoisotopic (exact) mass is 400 g/mol. The van der Waals surface area contributed by atoms with Crippen molar-refractivity contribution in [2.75, 3.05) is 13.7 Å². The van der Waals surface area contributed by atoms with E-state index in [9.17, 15) is 14.4 Å². The van der Waals surface area contributed by atoms with Crippen molar-refractivity contribution in [2.24, 2.45) is 0 Å². The van der Waals surface area contributed by atoms with E-state index in [-0.39, 0.29) is 18.2 Å². The molecule has 0 amide bonds. The number of allylic oxidation sites excluding steroid dienone is 2. The summed E-state index contributed by atoms with van der Waals surface area (Å²) < 4.78 is 10.8. The van der Waals surface area contributed by atoms with Gasteiger partial charge in [0, 0.05) is 22.1 Å². The van der Waals surface area contributed by atoms with Crippen LogP contribution in [-0.4, -0.2) is 31.3 Å². The first kappa shape index (κ1) is 19.6. The van der Waals surface area contributed by atoms with Crippen molar-refractivity contribution in [3.63, 3.8) is 0 Å². The molecule has 3 aromatic rings. The maximum absolute atomic E-state index is 12.6. The van der Waals surface area contributed by atoms with Gasteiger partial charge in [-0.05, 0) is 30.4 Å². The molecule has 150 valence electrons. The van der Waals surface area contributed by atoms with Crippen molar-refractivity contribution in [1.29, 1.82) is 0 Å². The second-order valence-electron chi connectivity index (χ2n) is 7.02. The largest absolute Gasteiger partial charge is 0.495 e. The van der Waals surface area contributed by atoms with Gasteiger partial charge >= 0.3 is 5.97 Å². The zero-order valence-corrected chi connectivity index (χ0v) is 16.5. The fourth-order valence-electron chi connectivity index (χ4n) is 3.69. The number of fused-ring (bicyclic) bond motifs is 2. The first-order chi connectivity index (χ1) is 14.6. The highest BCUT2D eigenvalue weighted by atomic mass is 16.5. The number of esters is 1. The van der Waals surface area contributed by atoms with Gasteiger partial charge in [-0.2, -0.15) is 0 Å². The zero-order chi connectivity index (χ0) is 21.1. The van der Waals surface area contributed by atoms with Gasteiger partial charge in [-0.1, -0.05) is 54.6 Å². The summed E-state index contributed by atoms with van der Waals surface area (Å²) in [5.74, 6) is -0.320. The number of Topliss-reactive ketones (excluding diaryl/α,β-unsaturated/α-hetero) is 1. The second-order valence-corrected chi connectivity index (χ2v) is 7.02. The van der Waals surface area contributed by atoms with E-state index in [0.29, 0.717) is 40.9 Å². The Bertz CT molecular complexity index is 1190. The van der Waals surface area contributed by atoms with Crippen LogP contribution in [0.15, 0.2) is 72.3 Å². The zero-order valence-electron chi connectivity index (χ0n) is 16.5. The Morgan fingerprint density at radius 3 is 2.43 bits per heavy atom. The maximum Gasteiger partial charge on any atom is 0.341 e. The van der Waals surface area contributed by atoms with Crippen LogP contribution in [0.2, 0.25) is 0 Å². The molecule has 0 spiro atoms. The summed E-state index contributed by atoms with van der Waals surface area (Å²) >= 11 is 0. The molecule has 0 unspecified atom stereocenters. The Kier molecular flexibility index (Phi) is 5.44. The van der Waals surface area contributed by atoms with E-state index in [2.05, 4.69) is 0 Å². The molecular formula is C25H20O5. The molecule has 3 aromatic carbocycles. The van der Waals surface area contributed by atoms with Gasteiger partial charge in [-0.25, -0.2) is 4.79 Å². The molecule has 0 aromatic heterocycles. The van der Waals surface area contributed by atoms with Gasteiger partial charge in [-0.15, -0.1) is 0 Å². The van der Waals surface area contributed by atoms with E-state index in [0.717, 1.165) is 10.8 Å². The molecule has 0 radical (unpaired) electrons. The van der Waals surface area contributed by atoms with Gasteiger partial charge in [0.1, 0.15) is 11.3 Å². The molecule has 0 N–H and O–H groups in total. The van der Waals surface area contributed by atoms with Gasteiger partial charge in [0.05, 0.1) is 13.7 Å². The lowest BCUT2D eigenvalue weighted by atomic mass is 9.88. The van der Waals surface area contributed by atoms with Crippen molar-refractivity contribution in [2.45, 2.75) is 12.8 Å². The Morgan fingerprint density at radius 2 is 1.63 bits per heavy atom. The first-order valence-corrected chi connectivity index (χ1v) is 9.71. The average molecular weight is 400 g/mol. The van der Waals surface area contributed by atoms with Crippen LogP contribution in [0.5, 0.6) is 5.75 Å². The number of hydrogen-bond donors (Lipinski definition) is 0. The number of carbonyl (C=O) groups excluding carboxylic acids is 3. The van der Waals surface area contributed by atoms with Crippen LogP contribution in [0.25, 0.3) is 10.8 Å². The van der Waals surface area contributed by atoms with Crippen LogP contribution < -0.4 is 4.74 Å². The van der Waals surface area contributed by atoms with E-state index < -0.39 is 5.97 Å². The predicted octanol–water partition coefficient (Wildman–Crippen LogP) is 4.79. The first-order valence-electron chi connectivity index (χ1n) is 9.71. The summed E-state index contributed by atoms with van der Waals surface area (Å²) in [6, 6.07) is 18.0. The van der Waals surface area contributed by atoms with Gasteiger partial charge < -0.3 is 9.47 Å². The molecule has 1 aliphatic rings. The number of methoxy groups -OCH3 is 1. The number of ketones is 2. The molecule has 0 saturated heterocycles. The van der Waals surface area contributed by atoms with Crippen LogP contribution in [0.4, 0.5) is 0 Å². The molecular weight excluding hydrogens is 380 g/mol. The van der Waals surface area contributed by atoms with Gasteiger partial charge in [0.15, 0.2) is 11.6 Å². The third kappa shape index (κ3) is 3.62. The highest BCUT2D eigenvalue weighted by molar-refractivity contribution is 6.24. The predicted molar refractivity (Wildman–Crippen MR) is 113 cm³/mol. The third-order valence-electron chi connectivity index (χ3n) is 5.16. The summed E-state index contributed by atoms with van der Waals surface area (Å²) in [5, 5.41) is 1.81. The molecule has 0 saturated carbocycles. The molecule has 5 heteroatoms. The average Bonchev–Trinajstić information content (AvgIpc) is 2.78. The van der Waals surface area contributed by atoms with E-state index >= 15 is 0 Å². The van der Waals surface area contributed by atoms with Gasteiger partial charge in [0.25, 0.3) is 0 Å². The van der Waals surface area contributed by atoms with Crippen LogP contribution in [0, 0.1) is 0 Å². The van der Waals surface area contributed by atoms with E-state index in [1.807, 2.05) is 30.3 Å². The topological polar surface area (TPSA) is 69.7 Å². The molecule has 4 rings (SSSR count). The Hall–Kier alpha value is -3.73. The number of ether oxygens (including phenoxy) is 2. The van der Waals surface area contributed by atoms with Crippen LogP contribution in [0.1, 0.15) is 43.9 Å². The van der Waals surface area contributed by atoms with Crippen molar-refractivity contribution in [3.8, 4) is 5.75 Å². The molecule has 0 bridgehead atoms. The van der Waals surface area contributed by atoms with Gasteiger partial charge in [0.2, 0.25) is 0 Å². The fraction of sp³-hybridized carbons (Fsp3) is 0.160. The normalized spacial score (nSPS) is 13.0. The van der Waals surface area contributed by atoms with Gasteiger partial charge in [-0.3, -0.25) is 9.59 Å². The van der Waals surface area contributed by atoms with Crippen molar-refractivity contribution in [3.05, 3.63) is 89.0 Å². The Balaban J connectivity index is 1.40. The number of carbonyl (C=O) groups is 3. The minimum atomic E-state index is -0.483. The Labute approximate surface area is 173 Å². The Morgan fingerprint density at radius 1 is 0.900 bits per heavy atom. The highest BCUT2D eigenvalue weighted by Crippen LogP contribution is 2.30. The summed E-state index contributed by atoms with van der Waals surface area (Å²) in [6.45, 7) is 0.134.